The van der Waals surface area contributed by atoms with Crippen molar-refractivity contribution in [2.75, 3.05) is 20.3 Å². The predicted molar refractivity (Wildman–Crippen MR) is 67.9 cm³/mol. The summed E-state index contributed by atoms with van der Waals surface area (Å²) in [6, 6.07) is 5.71. The van der Waals surface area contributed by atoms with Crippen LogP contribution in [-0.4, -0.2) is 42.3 Å². The van der Waals surface area contributed by atoms with E-state index in [1.807, 2.05) is 0 Å². The minimum Gasteiger partial charge on any atom is -0.391 e. The fourth-order valence-electron chi connectivity index (χ4n) is 1.55. The number of nitro groups is 1. The number of hydrogen-bond acceptors (Lipinski definition) is 5. The molecule has 7 nitrogen and oxygen atoms in total. The highest BCUT2D eigenvalue weighted by molar-refractivity contribution is 5.98. The zero-order valence-electron chi connectivity index (χ0n) is 10.5. The van der Waals surface area contributed by atoms with Crippen molar-refractivity contribution in [2.24, 2.45) is 0 Å². The minimum absolute atomic E-state index is 0.00808. The van der Waals surface area contributed by atoms with Crippen molar-refractivity contribution in [1.29, 1.82) is 0 Å². The highest BCUT2D eigenvalue weighted by Crippen LogP contribution is 2.17. The van der Waals surface area contributed by atoms with Gasteiger partial charge in [0.25, 0.3) is 11.6 Å². The molecule has 1 unspecified atom stereocenters. The van der Waals surface area contributed by atoms with Gasteiger partial charge in [-0.1, -0.05) is 12.1 Å². The molecule has 0 spiro atoms. The number of ether oxygens (including phenoxy) is 1. The van der Waals surface area contributed by atoms with Gasteiger partial charge < -0.3 is 15.2 Å². The van der Waals surface area contributed by atoms with Gasteiger partial charge in [-0.05, 0) is 12.5 Å². The number of carbonyl (C=O) groups is 1. The standard InChI is InChI=1S/C12H16N2O5/c1-19-8-9(15)6-7-13-12(16)10-4-2-3-5-11(10)14(17)18/h2-5,9,15H,6-8H2,1H3,(H,13,16). The summed E-state index contributed by atoms with van der Waals surface area (Å²) in [5.74, 6) is -0.531. The monoisotopic (exact) mass is 268 g/mol. The Hall–Kier alpha value is -1.99. The number of para-hydroxylation sites is 1. The number of nitrogens with one attached hydrogen (secondary N) is 1. The van der Waals surface area contributed by atoms with E-state index in [2.05, 4.69) is 5.32 Å². The highest BCUT2D eigenvalue weighted by Gasteiger charge is 2.18. The lowest BCUT2D eigenvalue weighted by molar-refractivity contribution is -0.385. The van der Waals surface area contributed by atoms with Gasteiger partial charge in [0.15, 0.2) is 0 Å². The Kier molecular flexibility index (Phi) is 5.91. The van der Waals surface area contributed by atoms with Crippen LogP contribution in [0.1, 0.15) is 16.8 Å². The normalized spacial score (nSPS) is 11.9. The third-order valence-corrected chi connectivity index (χ3v) is 2.47. The number of hydrogen-bond donors (Lipinski definition) is 2. The van der Waals surface area contributed by atoms with E-state index in [0.29, 0.717) is 6.42 Å². The molecule has 0 aliphatic rings. The lowest BCUT2D eigenvalue weighted by Gasteiger charge is -2.10. The van der Waals surface area contributed by atoms with Crippen LogP contribution in [0, 0.1) is 10.1 Å². The van der Waals surface area contributed by atoms with Gasteiger partial charge in [0.1, 0.15) is 5.56 Å². The summed E-state index contributed by atoms with van der Waals surface area (Å²) in [6.07, 6.45) is -0.351. The molecule has 0 aromatic heterocycles. The van der Waals surface area contributed by atoms with Gasteiger partial charge in [-0.3, -0.25) is 14.9 Å². The summed E-state index contributed by atoms with van der Waals surface area (Å²) in [5, 5.41) is 22.7. The molecule has 0 radical (unpaired) electrons. The molecule has 19 heavy (non-hydrogen) atoms. The first-order valence-electron chi connectivity index (χ1n) is 5.75. The Morgan fingerprint density at radius 3 is 2.84 bits per heavy atom. The van der Waals surface area contributed by atoms with Crippen molar-refractivity contribution < 1.29 is 19.6 Å². The maximum Gasteiger partial charge on any atom is 0.282 e. The van der Waals surface area contributed by atoms with E-state index in [4.69, 9.17) is 4.74 Å². The average Bonchev–Trinajstić information content (AvgIpc) is 2.38. The van der Waals surface area contributed by atoms with Gasteiger partial charge >= 0.3 is 0 Å². The molecule has 104 valence electrons. The van der Waals surface area contributed by atoms with Crippen molar-refractivity contribution in [2.45, 2.75) is 12.5 Å². The molecule has 7 heteroatoms. The summed E-state index contributed by atoms with van der Waals surface area (Å²) in [4.78, 5) is 21.9. The first kappa shape index (κ1) is 15.1. The van der Waals surface area contributed by atoms with Crippen LogP contribution in [0.15, 0.2) is 24.3 Å². The Bertz CT molecular complexity index is 450. The first-order valence-corrected chi connectivity index (χ1v) is 5.75. The molecular formula is C12H16N2O5. The number of carbonyl (C=O) groups excluding carboxylic acids is 1. The second-order valence-electron chi connectivity index (χ2n) is 3.93. The van der Waals surface area contributed by atoms with Gasteiger partial charge in [0.2, 0.25) is 0 Å². The number of aliphatic hydroxyl groups excluding tert-OH is 1. The Morgan fingerprint density at radius 1 is 1.53 bits per heavy atom. The lowest BCUT2D eigenvalue weighted by Crippen LogP contribution is -2.28. The zero-order valence-corrected chi connectivity index (χ0v) is 10.5. The molecule has 0 saturated carbocycles. The topological polar surface area (TPSA) is 102 Å². The van der Waals surface area contributed by atoms with Crippen molar-refractivity contribution in [3.8, 4) is 0 Å². The van der Waals surface area contributed by atoms with Crippen LogP contribution in [0.4, 0.5) is 5.69 Å². The molecule has 1 atom stereocenters. The van der Waals surface area contributed by atoms with Crippen molar-refractivity contribution >= 4 is 11.6 Å². The Balaban J connectivity index is 2.57. The van der Waals surface area contributed by atoms with Crippen LogP contribution in [0.25, 0.3) is 0 Å². The van der Waals surface area contributed by atoms with E-state index in [9.17, 15) is 20.0 Å². The van der Waals surface area contributed by atoms with Crippen LogP contribution in [0.5, 0.6) is 0 Å². The molecule has 0 aliphatic carbocycles. The third kappa shape index (κ3) is 4.65. The largest absolute Gasteiger partial charge is 0.391 e. The van der Waals surface area contributed by atoms with Gasteiger partial charge in [-0.25, -0.2) is 0 Å². The Morgan fingerprint density at radius 2 is 2.21 bits per heavy atom. The molecule has 2 N–H and O–H groups in total. The van der Waals surface area contributed by atoms with E-state index < -0.39 is 16.9 Å². The van der Waals surface area contributed by atoms with E-state index in [1.54, 1.807) is 6.07 Å². The predicted octanol–water partition coefficient (Wildman–Crippen LogP) is 0.722. The minimum atomic E-state index is -0.670. The number of nitro benzene ring substituents is 1. The second kappa shape index (κ2) is 7.45. The summed E-state index contributed by atoms with van der Waals surface area (Å²) in [7, 11) is 1.47. The number of rotatable bonds is 7. The van der Waals surface area contributed by atoms with E-state index >= 15 is 0 Å². The Labute approximate surface area is 110 Å². The van der Waals surface area contributed by atoms with Crippen LogP contribution < -0.4 is 5.32 Å². The number of nitrogens with zero attached hydrogens (tertiary/aromatic N) is 1. The molecule has 0 aliphatic heterocycles. The van der Waals surface area contributed by atoms with Crippen LogP contribution in [0.2, 0.25) is 0 Å². The van der Waals surface area contributed by atoms with Gasteiger partial charge in [-0.2, -0.15) is 0 Å². The number of benzene rings is 1. The van der Waals surface area contributed by atoms with Gasteiger partial charge in [0, 0.05) is 19.7 Å². The summed E-state index contributed by atoms with van der Waals surface area (Å²) in [6.45, 7) is 0.400. The van der Waals surface area contributed by atoms with E-state index in [1.165, 1.54) is 25.3 Å². The van der Waals surface area contributed by atoms with Crippen LogP contribution in [0.3, 0.4) is 0 Å². The maximum absolute atomic E-state index is 11.8. The van der Waals surface area contributed by atoms with Crippen LogP contribution >= 0.6 is 0 Å². The summed E-state index contributed by atoms with van der Waals surface area (Å²) >= 11 is 0. The molecule has 0 bridgehead atoms. The first-order chi connectivity index (χ1) is 9.06. The molecule has 1 rings (SSSR count). The molecule has 0 fully saturated rings. The number of aliphatic hydroxyl groups is 1. The smallest absolute Gasteiger partial charge is 0.282 e. The molecule has 1 aromatic carbocycles. The van der Waals surface area contributed by atoms with Crippen molar-refractivity contribution in [3.05, 3.63) is 39.9 Å². The quantitative estimate of drug-likeness (QED) is 0.560. The van der Waals surface area contributed by atoms with Crippen molar-refractivity contribution in [1.82, 2.24) is 5.32 Å². The van der Waals surface area contributed by atoms with E-state index in [0.717, 1.165) is 0 Å². The lowest BCUT2D eigenvalue weighted by atomic mass is 10.1. The number of methoxy groups -OCH3 is 1. The average molecular weight is 268 g/mol. The fraction of sp³-hybridized carbons (Fsp3) is 0.417. The highest BCUT2D eigenvalue weighted by atomic mass is 16.6. The molecule has 0 saturated heterocycles. The molecule has 1 amide bonds. The molecular weight excluding hydrogens is 252 g/mol. The maximum atomic E-state index is 11.8. The third-order valence-electron chi connectivity index (χ3n) is 2.47. The fourth-order valence-corrected chi connectivity index (χ4v) is 1.55. The summed E-state index contributed by atoms with van der Waals surface area (Å²) < 4.78 is 4.74. The number of amides is 1. The van der Waals surface area contributed by atoms with E-state index in [-0.39, 0.29) is 24.4 Å². The summed E-state index contributed by atoms with van der Waals surface area (Å²) in [5.41, 5.74) is -0.230. The van der Waals surface area contributed by atoms with Gasteiger partial charge in [0.05, 0.1) is 17.6 Å². The zero-order chi connectivity index (χ0) is 14.3. The molecule has 0 heterocycles. The van der Waals surface area contributed by atoms with Crippen molar-refractivity contribution in [3.63, 3.8) is 0 Å². The SMILES string of the molecule is COCC(O)CCNC(=O)c1ccccc1[N+](=O)[O-]. The van der Waals surface area contributed by atoms with Crippen LogP contribution in [-0.2, 0) is 4.74 Å². The molecule has 1 aromatic rings. The van der Waals surface area contributed by atoms with Gasteiger partial charge in [-0.15, -0.1) is 0 Å². The second-order valence-corrected chi connectivity index (χ2v) is 3.93.